The summed E-state index contributed by atoms with van der Waals surface area (Å²) in [6.07, 6.45) is 2.23. The minimum Gasteiger partial charge on any atom is -0.359 e. The molecule has 10 aromatic rings. The van der Waals surface area contributed by atoms with Crippen molar-refractivity contribution in [2.24, 2.45) is 4.99 Å². The van der Waals surface area contributed by atoms with Gasteiger partial charge in [0.25, 0.3) is 0 Å². The summed E-state index contributed by atoms with van der Waals surface area (Å²) < 4.78 is 0. The third-order valence-corrected chi connectivity index (χ3v) is 12.4. The van der Waals surface area contributed by atoms with E-state index in [2.05, 4.69) is 260 Å². The van der Waals surface area contributed by atoms with Crippen molar-refractivity contribution in [3.63, 3.8) is 0 Å². The molecule has 1 N–H and O–H groups in total. The van der Waals surface area contributed by atoms with Crippen LogP contribution in [0.15, 0.2) is 266 Å². The highest BCUT2D eigenvalue weighted by Gasteiger charge is 2.26. The Bertz CT molecular complexity index is 3210. The van der Waals surface area contributed by atoms with Gasteiger partial charge in [0.1, 0.15) is 5.84 Å². The van der Waals surface area contributed by atoms with Gasteiger partial charge in [0.15, 0.2) is 0 Å². The number of aliphatic imine (C=N–C) groups is 1. The molecule has 0 bridgehead atoms. The van der Waals surface area contributed by atoms with Gasteiger partial charge < -0.3 is 5.32 Å². The van der Waals surface area contributed by atoms with E-state index in [1.165, 1.54) is 16.7 Å². The van der Waals surface area contributed by atoms with Crippen LogP contribution < -0.4 is 5.32 Å². The van der Waals surface area contributed by atoms with E-state index in [0.29, 0.717) is 0 Å². The topological polar surface area (TPSA) is 37.3 Å². The summed E-state index contributed by atoms with van der Waals surface area (Å²) in [5, 5.41) is 3.78. The Kier molecular flexibility index (Phi) is 11.1. The van der Waals surface area contributed by atoms with Gasteiger partial charge >= 0.3 is 0 Å². The number of hydrogen-bond donors (Lipinski definition) is 1. The molecular formula is C63H45N3. The highest BCUT2D eigenvalue weighted by molar-refractivity contribution is 6.06. The fraction of sp³-hybridized carbons (Fsp3) is 0.0159. The molecule has 0 saturated carbocycles. The van der Waals surface area contributed by atoms with Crippen molar-refractivity contribution in [2.75, 3.05) is 0 Å². The van der Waals surface area contributed by atoms with Crippen molar-refractivity contribution in [3.8, 4) is 78.1 Å². The largest absolute Gasteiger partial charge is 0.359 e. The summed E-state index contributed by atoms with van der Waals surface area (Å²) in [5.41, 5.74) is 19.6. The van der Waals surface area contributed by atoms with Crippen LogP contribution in [0, 0.1) is 0 Å². The number of hydrogen-bond acceptors (Lipinski definition) is 3. The highest BCUT2D eigenvalue weighted by atomic mass is 15.0. The zero-order valence-corrected chi connectivity index (χ0v) is 36.3. The van der Waals surface area contributed by atoms with Crippen LogP contribution in [0.3, 0.4) is 0 Å². The first-order valence-electron chi connectivity index (χ1n) is 22.5. The number of aromatic nitrogens is 1. The Balaban J connectivity index is 1.02. The Morgan fingerprint density at radius 1 is 0.288 bits per heavy atom. The van der Waals surface area contributed by atoms with Gasteiger partial charge in [-0.25, -0.2) is 9.98 Å². The quantitative estimate of drug-likeness (QED) is 0.149. The maximum atomic E-state index is 5.63. The molecule has 0 aliphatic carbocycles. The molecule has 0 spiro atoms. The summed E-state index contributed by atoms with van der Waals surface area (Å²) in [4.78, 5) is 10.9. The van der Waals surface area contributed by atoms with Crippen LogP contribution in [-0.2, 0) is 0 Å². The molecule has 1 unspecified atom stereocenters. The Morgan fingerprint density at radius 3 is 1.18 bits per heavy atom. The third kappa shape index (κ3) is 8.18. The van der Waals surface area contributed by atoms with Crippen molar-refractivity contribution < 1.29 is 0 Å². The molecule has 0 amide bonds. The van der Waals surface area contributed by atoms with E-state index in [0.717, 1.165) is 89.7 Å². The van der Waals surface area contributed by atoms with E-state index in [1.807, 2.05) is 6.07 Å². The van der Waals surface area contributed by atoms with Crippen LogP contribution in [0.5, 0.6) is 0 Å². The van der Waals surface area contributed by atoms with Gasteiger partial charge in [0.05, 0.1) is 23.1 Å². The molecule has 1 atom stereocenters. The van der Waals surface area contributed by atoms with E-state index in [-0.39, 0.29) is 6.04 Å². The first-order chi connectivity index (χ1) is 32.7. The smallest absolute Gasteiger partial charge is 0.134 e. The van der Waals surface area contributed by atoms with Gasteiger partial charge in [0.2, 0.25) is 0 Å². The van der Waals surface area contributed by atoms with Crippen LogP contribution in [0.2, 0.25) is 0 Å². The number of benzene rings is 9. The number of amidine groups is 1. The molecule has 1 aliphatic heterocycles. The van der Waals surface area contributed by atoms with Gasteiger partial charge in [-0.3, -0.25) is 0 Å². The molecule has 11 rings (SSSR count). The maximum Gasteiger partial charge on any atom is 0.134 e. The van der Waals surface area contributed by atoms with E-state index < -0.39 is 0 Å². The van der Waals surface area contributed by atoms with Crippen molar-refractivity contribution in [2.45, 2.75) is 6.04 Å². The summed E-state index contributed by atoms with van der Waals surface area (Å²) in [6, 6.07) is 90.2. The standard InChI is InChI=1S/C63H45N3/c1-7-20-44(21-8-1)45-34-38-48(39-35-45)57-43-56(47-22-9-2-10-23-47)64-63(65-57)53-40-36-46(37-41-53)54-32-19-33-55(42-54)58-59(49-24-11-3-12-25-49)61(51-28-15-5-16-29-51)66-62(52-30-17-6-18-31-52)60(58)50-26-13-4-14-27-50/h1-43,57H,(H,64,65). The van der Waals surface area contributed by atoms with Crippen molar-refractivity contribution >= 4 is 11.5 Å². The Hall–Kier alpha value is -8.66. The van der Waals surface area contributed by atoms with Crippen molar-refractivity contribution in [1.29, 1.82) is 0 Å². The Morgan fingerprint density at radius 2 is 0.667 bits per heavy atom. The lowest BCUT2D eigenvalue weighted by atomic mass is 9.82. The van der Waals surface area contributed by atoms with Gasteiger partial charge in [-0.1, -0.05) is 249 Å². The molecule has 0 saturated heterocycles. The third-order valence-electron chi connectivity index (χ3n) is 12.4. The van der Waals surface area contributed by atoms with Gasteiger partial charge in [-0.15, -0.1) is 0 Å². The van der Waals surface area contributed by atoms with Gasteiger partial charge in [-0.2, -0.15) is 0 Å². The first-order valence-corrected chi connectivity index (χ1v) is 22.5. The lowest BCUT2D eigenvalue weighted by molar-refractivity contribution is 0.781. The number of rotatable bonds is 10. The zero-order valence-electron chi connectivity index (χ0n) is 36.3. The average molecular weight is 844 g/mol. The van der Waals surface area contributed by atoms with Crippen LogP contribution in [0.1, 0.15) is 22.7 Å². The molecule has 0 radical (unpaired) electrons. The van der Waals surface area contributed by atoms with Gasteiger partial charge in [-0.05, 0) is 62.2 Å². The van der Waals surface area contributed by atoms with E-state index in [4.69, 9.17) is 9.98 Å². The summed E-state index contributed by atoms with van der Waals surface area (Å²) >= 11 is 0. The predicted molar refractivity (Wildman–Crippen MR) is 276 cm³/mol. The molecule has 2 heterocycles. The number of nitrogens with one attached hydrogen (secondary N) is 1. The van der Waals surface area contributed by atoms with E-state index in [9.17, 15) is 0 Å². The van der Waals surface area contributed by atoms with Crippen LogP contribution in [0.4, 0.5) is 0 Å². The molecular weight excluding hydrogens is 799 g/mol. The highest BCUT2D eigenvalue weighted by Crippen LogP contribution is 2.49. The average Bonchev–Trinajstić information content (AvgIpc) is 3.42. The van der Waals surface area contributed by atoms with Crippen molar-refractivity contribution in [1.82, 2.24) is 10.3 Å². The second-order valence-corrected chi connectivity index (χ2v) is 16.5. The predicted octanol–water partition coefficient (Wildman–Crippen LogP) is 15.9. The van der Waals surface area contributed by atoms with Crippen LogP contribution >= 0.6 is 0 Å². The molecule has 1 aromatic heterocycles. The number of pyridine rings is 1. The molecule has 1 aliphatic rings. The fourth-order valence-corrected chi connectivity index (χ4v) is 9.08. The fourth-order valence-electron chi connectivity index (χ4n) is 9.08. The molecule has 9 aromatic carbocycles. The monoisotopic (exact) mass is 843 g/mol. The minimum absolute atomic E-state index is 0.0616. The van der Waals surface area contributed by atoms with E-state index >= 15 is 0 Å². The normalized spacial score (nSPS) is 13.3. The summed E-state index contributed by atoms with van der Waals surface area (Å²) in [6.45, 7) is 0. The van der Waals surface area contributed by atoms with Gasteiger partial charge in [0, 0.05) is 33.4 Å². The Labute approximate surface area is 386 Å². The molecule has 3 heteroatoms. The number of nitrogens with zero attached hydrogens (tertiary/aromatic N) is 2. The van der Waals surface area contributed by atoms with Crippen LogP contribution in [0.25, 0.3) is 83.8 Å². The second kappa shape index (κ2) is 18.2. The minimum atomic E-state index is -0.0616. The SMILES string of the molecule is C1=C(c2ccccc2)N=C(c2ccc(-c3cccc(-c4c(-c5ccccc5)c(-c5ccccc5)nc(-c5ccccc5)c4-c4ccccc4)c3)cc2)NC1c1ccc(-c2ccccc2)cc1. The summed E-state index contributed by atoms with van der Waals surface area (Å²) in [5.74, 6) is 0.840. The molecule has 312 valence electrons. The van der Waals surface area contributed by atoms with E-state index in [1.54, 1.807) is 0 Å². The molecule has 3 nitrogen and oxygen atoms in total. The first kappa shape index (κ1) is 40.1. The zero-order chi connectivity index (χ0) is 44.1. The van der Waals surface area contributed by atoms with Crippen LogP contribution in [-0.4, -0.2) is 10.8 Å². The summed E-state index contributed by atoms with van der Waals surface area (Å²) in [7, 11) is 0. The second-order valence-electron chi connectivity index (χ2n) is 16.5. The maximum absolute atomic E-state index is 5.63. The molecule has 66 heavy (non-hydrogen) atoms. The lowest BCUT2D eigenvalue weighted by Gasteiger charge is -2.25. The lowest BCUT2D eigenvalue weighted by Crippen LogP contribution is -2.31. The molecule has 0 fully saturated rings. The van der Waals surface area contributed by atoms with Crippen molar-refractivity contribution in [3.05, 3.63) is 278 Å².